The Morgan fingerprint density at radius 3 is 2.44 bits per heavy atom. The van der Waals surface area contributed by atoms with Gasteiger partial charge in [-0.05, 0) is 37.3 Å². The number of nitrogens with zero attached hydrogens (tertiary/aromatic N) is 3. The van der Waals surface area contributed by atoms with Crippen molar-refractivity contribution in [3.63, 3.8) is 0 Å². The first-order valence-electron chi connectivity index (χ1n) is 5.41. The summed E-state index contributed by atoms with van der Waals surface area (Å²) in [6, 6.07) is 0.292. The van der Waals surface area contributed by atoms with E-state index in [-0.39, 0.29) is 11.2 Å². The Morgan fingerprint density at radius 2 is 1.88 bits per heavy atom. The number of aromatic nitrogens is 3. The highest BCUT2D eigenvalue weighted by Crippen LogP contribution is 2.12. The molecule has 16 heavy (non-hydrogen) atoms. The molecule has 0 aliphatic heterocycles. The van der Waals surface area contributed by atoms with Gasteiger partial charge in [0.1, 0.15) is 0 Å². The predicted molar refractivity (Wildman–Crippen MR) is 66.4 cm³/mol. The Hall–Kier alpha value is -1.10. The molecule has 0 saturated heterocycles. The van der Waals surface area contributed by atoms with Gasteiger partial charge in [0, 0.05) is 6.04 Å². The lowest BCUT2D eigenvalue weighted by atomic mass is 10.0. The zero-order valence-corrected chi connectivity index (χ0v) is 10.6. The lowest BCUT2D eigenvalue weighted by Gasteiger charge is -2.14. The second-order valence-corrected chi connectivity index (χ2v) is 4.64. The number of rotatable bonds is 5. The van der Waals surface area contributed by atoms with E-state index in [0.717, 1.165) is 12.8 Å². The van der Waals surface area contributed by atoms with Crippen LogP contribution in [0.1, 0.15) is 33.6 Å². The number of nitrogens with one attached hydrogen (secondary N) is 1. The lowest BCUT2D eigenvalue weighted by molar-refractivity contribution is 0.526. The summed E-state index contributed by atoms with van der Waals surface area (Å²) < 4.78 is 0. The molecule has 0 fully saturated rings. The Labute approximate surface area is 101 Å². The van der Waals surface area contributed by atoms with Gasteiger partial charge in [-0.2, -0.15) is 15.0 Å². The van der Waals surface area contributed by atoms with E-state index < -0.39 is 0 Å². The first kappa shape index (κ1) is 13.0. The van der Waals surface area contributed by atoms with Crippen LogP contribution in [0.5, 0.6) is 0 Å². The van der Waals surface area contributed by atoms with E-state index in [4.69, 9.17) is 17.3 Å². The summed E-state index contributed by atoms with van der Waals surface area (Å²) in [4.78, 5) is 11.6. The smallest absolute Gasteiger partial charge is 0.229 e. The molecule has 90 valence electrons. The maximum absolute atomic E-state index is 5.68. The summed E-state index contributed by atoms with van der Waals surface area (Å²) in [5.74, 6) is 1.27. The summed E-state index contributed by atoms with van der Waals surface area (Å²) in [5, 5.41) is 3.27. The van der Waals surface area contributed by atoms with Gasteiger partial charge in [0.15, 0.2) is 0 Å². The molecule has 3 N–H and O–H groups in total. The van der Waals surface area contributed by atoms with Crippen molar-refractivity contribution in [1.29, 1.82) is 0 Å². The fourth-order valence-corrected chi connectivity index (χ4v) is 1.47. The SMILES string of the molecule is CC(C)CCC(C)Nc1nc(N)nc(Cl)n1. The molecule has 0 aromatic carbocycles. The van der Waals surface area contributed by atoms with Crippen molar-refractivity contribution in [3.05, 3.63) is 5.28 Å². The second-order valence-electron chi connectivity index (χ2n) is 4.30. The van der Waals surface area contributed by atoms with Crippen LogP contribution in [0.15, 0.2) is 0 Å². The van der Waals surface area contributed by atoms with Crippen molar-refractivity contribution in [2.24, 2.45) is 5.92 Å². The van der Waals surface area contributed by atoms with Gasteiger partial charge in [-0.15, -0.1) is 0 Å². The number of nitrogen functional groups attached to an aromatic ring is 1. The van der Waals surface area contributed by atoms with Crippen molar-refractivity contribution >= 4 is 23.5 Å². The minimum absolute atomic E-state index is 0.117. The molecule has 1 heterocycles. The van der Waals surface area contributed by atoms with Crippen molar-refractivity contribution in [2.75, 3.05) is 11.1 Å². The summed E-state index contributed by atoms with van der Waals surface area (Å²) in [6.07, 6.45) is 2.21. The third-order valence-corrected chi connectivity index (χ3v) is 2.35. The molecule has 1 aromatic rings. The first-order chi connectivity index (χ1) is 7.47. The van der Waals surface area contributed by atoms with Gasteiger partial charge in [0.25, 0.3) is 0 Å². The largest absolute Gasteiger partial charge is 0.368 e. The Bertz CT molecular complexity index is 322. The summed E-state index contributed by atoms with van der Waals surface area (Å²) in [7, 11) is 0. The van der Waals surface area contributed by atoms with Crippen molar-refractivity contribution in [1.82, 2.24) is 15.0 Å². The van der Waals surface area contributed by atoms with Crippen LogP contribution >= 0.6 is 11.6 Å². The van der Waals surface area contributed by atoms with Gasteiger partial charge < -0.3 is 11.1 Å². The van der Waals surface area contributed by atoms with Crippen LogP contribution in [-0.4, -0.2) is 21.0 Å². The highest BCUT2D eigenvalue weighted by molar-refractivity contribution is 6.28. The van der Waals surface area contributed by atoms with Gasteiger partial charge in [-0.1, -0.05) is 13.8 Å². The first-order valence-corrected chi connectivity index (χ1v) is 5.78. The van der Waals surface area contributed by atoms with Gasteiger partial charge in [-0.3, -0.25) is 0 Å². The highest BCUT2D eigenvalue weighted by atomic mass is 35.5. The van der Waals surface area contributed by atoms with Crippen LogP contribution in [0.25, 0.3) is 0 Å². The fraction of sp³-hybridized carbons (Fsp3) is 0.700. The molecule has 5 nitrogen and oxygen atoms in total. The Balaban J connectivity index is 2.52. The number of nitrogens with two attached hydrogens (primary N) is 1. The van der Waals surface area contributed by atoms with Crippen LogP contribution < -0.4 is 11.1 Å². The lowest BCUT2D eigenvalue weighted by Crippen LogP contribution is -2.18. The molecular weight excluding hydrogens is 226 g/mol. The normalized spacial score (nSPS) is 12.8. The standard InChI is InChI=1S/C10H18ClN5/c1-6(2)4-5-7(3)13-10-15-8(11)14-9(12)16-10/h6-7H,4-5H2,1-3H3,(H3,12,13,14,15,16). The van der Waals surface area contributed by atoms with Crippen molar-refractivity contribution in [3.8, 4) is 0 Å². The summed E-state index contributed by atoms with van der Waals surface area (Å²) in [6.45, 7) is 6.48. The molecule has 0 aliphatic carbocycles. The molecule has 0 spiro atoms. The third-order valence-electron chi connectivity index (χ3n) is 2.18. The number of anilines is 2. The third kappa shape index (κ3) is 4.61. The maximum atomic E-state index is 5.68. The van der Waals surface area contributed by atoms with Crippen molar-refractivity contribution in [2.45, 2.75) is 39.7 Å². The minimum atomic E-state index is 0.117. The Morgan fingerprint density at radius 1 is 1.19 bits per heavy atom. The molecule has 1 atom stereocenters. The quantitative estimate of drug-likeness (QED) is 0.830. The number of hydrogen-bond donors (Lipinski definition) is 2. The van der Waals surface area contributed by atoms with Gasteiger partial charge in [0.05, 0.1) is 0 Å². The van der Waals surface area contributed by atoms with E-state index in [2.05, 4.69) is 41.0 Å². The highest BCUT2D eigenvalue weighted by Gasteiger charge is 2.07. The van der Waals surface area contributed by atoms with Gasteiger partial charge >= 0.3 is 0 Å². The topological polar surface area (TPSA) is 76.7 Å². The van der Waals surface area contributed by atoms with E-state index >= 15 is 0 Å². The zero-order valence-electron chi connectivity index (χ0n) is 9.87. The molecule has 1 unspecified atom stereocenters. The van der Waals surface area contributed by atoms with Crippen LogP contribution in [0.2, 0.25) is 5.28 Å². The van der Waals surface area contributed by atoms with Gasteiger partial charge in [-0.25, -0.2) is 0 Å². The van der Waals surface area contributed by atoms with Crippen LogP contribution in [0, 0.1) is 5.92 Å². The summed E-state index contributed by atoms with van der Waals surface area (Å²) in [5.41, 5.74) is 5.47. The van der Waals surface area contributed by atoms with E-state index in [1.807, 2.05) is 0 Å². The molecule has 1 rings (SSSR count). The maximum Gasteiger partial charge on any atom is 0.229 e. The van der Waals surface area contributed by atoms with Crippen LogP contribution in [0.4, 0.5) is 11.9 Å². The van der Waals surface area contributed by atoms with E-state index in [0.29, 0.717) is 17.9 Å². The molecule has 0 bridgehead atoms. The molecular formula is C10H18ClN5. The van der Waals surface area contributed by atoms with Crippen LogP contribution in [-0.2, 0) is 0 Å². The van der Waals surface area contributed by atoms with Crippen LogP contribution in [0.3, 0.4) is 0 Å². The summed E-state index contributed by atoms with van der Waals surface area (Å²) >= 11 is 5.68. The molecule has 1 aromatic heterocycles. The second kappa shape index (κ2) is 5.84. The monoisotopic (exact) mass is 243 g/mol. The van der Waals surface area contributed by atoms with Gasteiger partial charge in [0.2, 0.25) is 17.2 Å². The molecule has 0 amide bonds. The van der Waals surface area contributed by atoms with E-state index in [1.165, 1.54) is 0 Å². The molecule has 0 saturated carbocycles. The average Bonchev–Trinajstić information content (AvgIpc) is 2.12. The van der Waals surface area contributed by atoms with E-state index in [1.54, 1.807) is 0 Å². The van der Waals surface area contributed by atoms with E-state index in [9.17, 15) is 0 Å². The Kier molecular flexibility index (Phi) is 4.73. The zero-order chi connectivity index (χ0) is 12.1. The number of halogens is 1. The average molecular weight is 244 g/mol. The number of hydrogen-bond acceptors (Lipinski definition) is 5. The molecule has 0 aliphatic rings. The fourth-order valence-electron chi connectivity index (χ4n) is 1.31. The van der Waals surface area contributed by atoms with Crippen molar-refractivity contribution < 1.29 is 0 Å². The molecule has 6 heteroatoms. The predicted octanol–water partition coefficient (Wildman–Crippen LogP) is 2.34. The molecule has 0 radical (unpaired) electrons. The minimum Gasteiger partial charge on any atom is -0.368 e.